The van der Waals surface area contributed by atoms with Crippen molar-refractivity contribution in [2.75, 3.05) is 27.2 Å². The van der Waals surface area contributed by atoms with Gasteiger partial charge in [0.25, 0.3) is 0 Å². The minimum Gasteiger partial charge on any atom is -0.302 e. The second-order valence-electron chi connectivity index (χ2n) is 10.1. The maximum absolute atomic E-state index is 2.47. The average molecular weight is 457 g/mol. The van der Waals surface area contributed by atoms with E-state index in [0.717, 1.165) is 32.6 Å². The van der Waals surface area contributed by atoms with E-state index >= 15 is 0 Å². The molecule has 174 valence electrons. The summed E-state index contributed by atoms with van der Waals surface area (Å²) >= 11 is 0. The van der Waals surface area contributed by atoms with Crippen LogP contribution in [-0.2, 0) is 13.1 Å². The van der Waals surface area contributed by atoms with Crippen molar-refractivity contribution in [3.8, 4) is 22.3 Å². The topological polar surface area (TPSA) is 6.48 Å². The van der Waals surface area contributed by atoms with Gasteiger partial charge in [-0.3, -0.25) is 0 Å². The van der Waals surface area contributed by atoms with Crippen molar-refractivity contribution in [1.82, 2.24) is 9.80 Å². The Hall–Kier alpha value is -3.46. The van der Waals surface area contributed by atoms with E-state index in [1.54, 1.807) is 0 Å². The quantitative estimate of drug-likeness (QED) is 0.237. The summed E-state index contributed by atoms with van der Waals surface area (Å²) in [5.74, 6) is 0. The first kappa shape index (κ1) is 22.0. The molecule has 0 radical (unpaired) electrons. The smallest absolute Gasteiger partial charge is 0.0237 e. The Kier molecular flexibility index (Phi) is 5.85. The fourth-order valence-corrected chi connectivity index (χ4v) is 5.69. The van der Waals surface area contributed by atoms with E-state index < -0.39 is 0 Å². The Bertz CT molecular complexity index is 1400. The molecule has 0 N–H and O–H groups in total. The van der Waals surface area contributed by atoms with Crippen LogP contribution in [0.5, 0.6) is 0 Å². The minimum absolute atomic E-state index is 0.956. The van der Waals surface area contributed by atoms with Crippen molar-refractivity contribution in [3.63, 3.8) is 0 Å². The van der Waals surface area contributed by atoms with E-state index in [1.807, 2.05) is 0 Å². The highest BCUT2D eigenvalue weighted by Crippen LogP contribution is 2.37. The zero-order valence-corrected chi connectivity index (χ0v) is 20.7. The lowest BCUT2D eigenvalue weighted by molar-refractivity contribution is 0.271. The molecule has 1 heterocycles. The molecule has 0 fully saturated rings. The number of hydrogen-bond acceptors (Lipinski definition) is 2. The number of fused-ring (bicyclic) bond motifs is 11. The van der Waals surface area contributed by atoms with Crippen LogP contribution < -0.4 is 0 Å². The van der Waals surface area contributed by atoms with Gasteiger partial charge in [0.15, 0.2) is 0 Å². The maximum Gasteiger partial charge on any atom is 0.0237 e. The third-order valence-electron chi connectivity index (χ3n) is 7.40. The molecule has 2 heteroatoms. The van der Waals surface area contributed by atoms with Crippen molar-refractivity contribution in [1.29, 1.82) is 0 Å². The highest BCUT2D eigenvalue weighted by atomic mass is 15.1. The molecule has 0 atom stereocenters. The van der Waals surface area contributed by atoms with E-state index in [-0.39, 0.29) is 0 Å². The van der Waals surface area contributed by atoms with Gasteiger partial charge in [0.05, 0.1) is 0 Å². The Morgan fingerprint density at radius 2 is 0.943 bits per heavy atom. The molecule has 0 spiro atoms. The van der Waals surface area contributed by atoms with Crippen molar-refractivity contribution in [2.45, 2.75) is 19.5 Å². The van der Waals surface area contributed by atoms with Crippen molar-refractivity contribution >= 4 is 21.5 Å². The molecule has 5 aromatic carbocycles. The summed E-state index contributed by atoms with van der Waals surface area (Å²) in [4.78, 5) is 4.95. The molecule has 35 heavy (non-hydrogen) atoms. The molecule has 1 aliphatic heterocycles. The Labute approximate surface area is 208 Å². The lowest BCUT2D eigenvalue weighted by Gasteiger charge is -2.22. The van der Waals surface area contributed by atoms with Gasteiger partial charge in [0.1, 0.15) is 0 Å². The molecule has 0 saturated carbocycles. The Balaban J connectivity index is 1.61. The molecule has 6 rings (SSSR count). The van der Waals surface area contributed by atoms with Gasteiger partial charge in [-0.1, -0.05) is 72.8 Å². The van der Waals surface area contributed by atoms with Gasteiger partial charge in [0.2, 0.25) is 0 Å². The zero-order chi connectivity index (χ0) is 23.8. The maximum atomic E-state index is 2.47. The summed E-state index contributed by atoms with van der Waals surface area (Å²) in [6.45, 7) is 4.08. The summed E-state index contributed by atoms with van der Waals surface area (Å²) < 4.78 is 0. The minimum atomic E-state index is 0.956. The van der Waals surface area contributed by atoms with Crippen LogP contribution in [0.3, 0.4) is 0 Å². The number of rotatable bonds is 0. The summed E-state index contributed by atoms with van der Waals surface area (Å²) in [7, 11) is 4.51. The van der Waals surface area contributed by atoms with E-state index in [4.69, 9.17) is 0 Å². The van der Waals surface area contributed by atoms with Crippen LogP contribution in [0.4, 0.5) is 0 Å². The van der Waals surface area contributed by atoms with Crippen LogP contribution in [0.1, 0.15) is 17.5 Å². The zero-order valence-electron chi connectivity index (χ0n) is 20.7. The van der Waals surface area contributed by atoms with Crippen molar-refractivity contribution in [2.24, 2.45) is 0 Å². The molecule has 2 nitrogen and oxygen atoms in total. The molecule has 0 saturated heterocycles. The fraction of sp³-hybridized carbons (Fsp3) is 0.212. The van der Waals surface area contributed by atoms with Gasteiger partial charge < -0.3 is 9.80 Å². The van der Waals surface area contributed by atoms with Gasteiger partial charge in [-0.2, -0.15) is 0 Å². The number of benzene rings is 5. The van der Waals surface area contributed by atoms with Gasteiger partial charge in [0, 0.05) is 13.1 Å². The lowest BCUT2D eigenvalue weighted by atomic mass is 9.89. The Morgan fingerprint density at radius 1 is 0.514 bits per heavy atom. The predicted octanol–water partition coefficient (Wildman–Crippen LogP) is 7.59. The summed E-state index contributed by atoms with van der Waals surface area (Å²) in [5.41, 5.74) is 7.99. The first-order valence-corrected chi connectivity index (χ1v) is 12.7. The van der Waals surface area contributed by atoms with Gasteiger partial charge in [-0.25, -0.2) is 0 Å². The fourth-order valence-electron chi connectivity index (χ4n) is 5.69. The molecular weight excluding hydrogens is 424 g/mol. The predicted molar refractivity (Wildman–Crippen MR) is 150 cm³/mol. The lowest BCUT2D eigenvalue weighted by Crippen LogP contribution is -2.25. The van der Waals surface area contributed by atoms with Crippen molar-refractivity contribution < 1.29 is 0 Å². The van der Waals surface area contributed by atoms with Crippen LogP contribution in [-0.4, -0.2) is 37.0 Å². The number of hydrogen-bond donors (Lipinski definition) is 0. The monoisotopic (exact) mass is 456 g/mol. The average Bonchev–Trinajstić information content (AvgIpc) is 2.88. The van der Waals surface area contributed by atoms with Gasteiger partial charge >= 0.3 is 0 Å². The molecule has 5 aromatic rings. The SMILES string of the molecule is CN1CCCN(C)Cc2cc(cc3ccccc23)-c2ccccc2-c2cc(c3ccccc3c2)C1. The largest absolute Gasteiger partial charge is 0.302 e. The molecule has 0 amide bonds. The normalized spacial score (nSPS) is 15.5. The van der Waals surface area contributed by atoms with Crippen LogP contribution >= 0.6 is 0 Å². The Morgan fingerprint density at radius 3 is 1.43 bits per heavy atom. The van der Waals surface area contributed by atoms with E-state index in [0.29, 0.717) is 0 Å². The molecule has 0 aromatic heterocycles. The molecule has 1 aliphatic rings. The van der Waals surface area contributed by atoms with Crippen LogP contribution in [0.15, 0.2) is 97.1 Å². The summed E-state index contributed by atoms with van der Waals surface area (Å²) in [5, 5.41) is 5.34. The highest BCUT2D eigenvalue weighted by Gasteiger charge is 2.15. The second-order valence-corrected chi connectivity index (χ2v) is 10.1. The van der Waals surface area contributed by atoms with Gasteiger partial charge in [-0.05, 0) is 113 Å². The first-order chi connectivity index (χ1) is 17.2. The number of nitrogens with zero attached hydrogens (tertiary/aromatic N) is 2. The van der Waals surface area contributed by atoms with E-state index in [1.165, 1.54) is 54.9 Å². The van der Waals surface area contributed by atoms with Crippen LogP contribution in [0.2, 0.25) is 0 Å². The summed E-state index contributed by atoms with van der Waals surface area (Å²) in [6, 6.07) is 36.2. The molecular formula is C33H32N2. The second kappa shape index (κ2) is 9.30. The van der Waals surface area contributed by atoms with Crippen LogP contribution in [0.25, 0.3) is 43.8 Å². The molecule has 4 bridgehead atoms. The summed E-state index contributed by atoms with van der Waals surface area (Å²) in [6.07, 6.45) is 1.16. The standard InChI is InChI=1S/C33H32N2/c1-34-16-9-17-35(2)23-29-21-27(19-25-11-4-6-13-31(25)29)33-15-8-7-14-32(33)26-18-24-10-3-5-12-30(24)28(20-26)22-34/h3-8,10-15,18-21H,9,16-17,22-23H2,1-2H3. The van der Waals surface area contributed by atoms with Crippen LogP contribution in [0, 0.1) is 0 Å². The molecule has 0 aliphatic carbocycles. The highest BCUT2D eigenvalue weighted by molar-refractivity contribution is 5.96. The van der Waals surface area contributed by atoms with Crippen molar-refractivity contribution in [3.05, 3.63) is 108 Å². The first-order valence-electron chi connectivity index (χ1n) is 12.7. The third kappa shape index (κ3) is 4.36. The third-order valence-corrected chi connectivity index (χ3v) is 7.40. The molecule has 0 unspecified atom stereocenters. The van der Waals surface area contributed by atoms with E-state index in [9.17, 15) is 0 Å². The van der Waals surface area contributed by atoms with E-state index in [2.05, 4.69) is 121 Å². The van der Waals surface area contributed by atoms with Gasteiger partial charge in [-0.15, -0.1) is 0 Å².